The quantitative estimate of drug-likeness (QED) is 0.587. The summed E-state index contributed by atoms with van der Waals surface area (Å²) < 4.78 is 63.2. The second-order valence-electron chi connectivity index (χ2n) is 4.88. The minimum absolute atomic E-state index is 0.139. The lowest BCUT2D eigenvalue weighted by Gasteiger charge is -2.28. The number of alkyl halides is 3. The third kappa shape index (κ3) is 8.60. The Kier molecular flexibility index (Phi) is 9.43. The van der Waals surface area contributed by atoms with Gasteiger partial charge in [-0.05, 0) is 32.4 Å². The largest absolute Gasteiger partial charge is 0.402 e. The van der Waals surface area contributed by atoms with Crippen LogP contribution in [0.3, 0.4) is 0 Å². The van der Waals surface area contributed by atoms with E-state index in [1.54, 1.807) is 6.92 Å². The molecule has 0 rings (SSSR count). The maximum absolute atomic E-state index is 12.5. The molecule has 1 N–H and O–H groups in total. The molecule has 0 aliphatic heterocycles. The normalized spacial score (nSPS) is 13.3. The first-order valence-corrected chi connectivity index (χ1v) is 8.53. The Morgan fingerprint density at radius 2 is 1.67 bits per heavy atom. The van der Waals surface area contributed by atoms with Crippen LogP contribution in [0.15, 0.2) is 0 Å². The Morgan fingerprint density at radius 1 is 1.05 bits per heavy atom. The fourth-order valence-corrected chi connectivity index (χ4v) is 3.24. The average molecular weight is 333 g/mol. The van der Waals surface area contributed by atoms with Crippen LogP contribution < -0.4 is 5.32 Å². The first-order valence-electron chi connectivity index (χ1n) is 7.14. The Balaban J connectivity index is 4.56. The number of halogens is 3. The van der Waals surface area contributed by atoms with Crippen LogP contribution in [-0.4, -0.2) is 63.0 Å². The van der Waals surface area contributed by atoms with Crippen LogP contribution >= 0.6 is 0 Å². The van der Waals surface area contributed by atoms with Gasteiger partial charge in [-0.1, -0.05) is 13.8 Å². The summed E-state index contributed by atoms with van der Waals surface area (Å²) in [7, 11) is -2.76. The molecule has 0 aliphatic rings. The molecule has 21 heavy (non-hydrogen) atoms. The maximum atomic E-state index is 12.5. The Morgan fingerprint density at radius 3 is 2.14 bits per heavy atom. The molecule has 0 saturated carbocycles. The Labute approximate surface area is 125 Å². The summed E-state index contributed by atoms with van der Waals surface area (Å²) >= 11 is 0. The highest BCUT2D eigenvalue weighted by molar-refractivity contribution is 7.86. The zero-order valence-electron chi connectivity index (χ0n) is 12.9. The van der Waals surface area contributed by atoms with Crippen molar-refractivity contribution in [2.75, 3.05) is 39.8 Å². The molecule has 0 unspecified atom stereocenters. The third-order valence-corrected chi connectivity index (χ3v) is 4.74. The minimum atomic E-state index is -4.54. The highest BCUT2D eigenvalue weighted by Gasteiger charge is 2.37. The molecule has 0 aromatic heterocycles. The van der Waals surface area contributed by atoms with Gasteiger partial charge in [0.2, 0.25) is 0 Å². The molecule has 0 spiro atoms. The van der Waals surface area contributed by atoms with Gasteiger partial charge in [0.25, 0.3) is 10.2 Å². The first-order chi connectivity index (χ1) is 9.65. The number of hydrogen-bond donors (Lipinski definition) is 1. The molecular weight excluding hydrogens is 307 g/mol. The summed E-state index contributed by atoms with van der Waals surface area (Å²) in [4.78, 5) is 0. The fourth-order valence-electron chi connectivity index (χ4n) is 1.77. The smallest absolute Gasteiger partial charge is 0.317 e. The van der Waals surface area contributed by atoms with Gasteiger partial charge >= 0.3 is 6.18 Å². The van der Waals surface area contributed by atoms with Crippen LogP contribution in [-0.2, 0) is 10.2 Å². The first kappa shape index (κ1) is 20.6. The van der Waals surface area contributed by atoms with Gasteiger partial charge in [-0.2, -0.15) is 30.2 Å². The molecule has 0 aromatic rings. The van der Waals surface area contributed by atoms with Gasteiger partial charge in [-0.15, -0.1) is 0 Å². The van der Waals surface area contributed by atoms with Gasteiger partial charge < -0.3 is 5.32 Å². The van der Waals surface area contributed by atoms with Crippen molar-refractivity contribution in [3.8, 4) is 0 Å². The van der Waals surface area contributed by atoms with E-state index in [9.17, 15) is 21.6 Å². The minimum Gasteiger partial charge on any atom is -0.317 e. The van der Waals surface area contributed by atoms with Crippen molar-refractivity contribution < 1.29 is 21.6 Å². The second-order valence-corrected chi connectivity index (χ2v) is 6.92. The van der Waals surface area contributed by atoms with Gasteiger partial charge in [-0.3, -0.25) is 0 Å². The van der Waals surface area contributed by atoms with Gasteiger partial charge in [0, 0.05) is 20.1 Å². The van der Waals surface area contributed by atoms with Crippen molar-refractivity contribution in [2.45, 2.75) is 39.3 Å². The van der Waals surface area contributed by atoms with E-state index in [2.05, 4.69) is 5.32 Å². The topological polar surface area (TPSA) is 52.7 Å². The van der Waals surface area contributed by atoms with E-state index in [1.807, 2.05) is 6.92 Å². The van der Waals surface area contributed by atoms with E-state index >= 15 is 0 Å². The van der Waals surface area contributed by atoms with Crippen LogP contribution in [0.1, 0.15) is 33.1 Å². The lowest BCUT2D eigenvalue weighted by atomic mass is 10.4. The van der Waals surface area contributed by atoms with Crippen molar-refractivity contribution in [1.82, 2.24) is 13.9 Å². The van der Waals surface area contributed by atoms with E-state index in [0.717, 1.165) is 17.3 Å². The molecule has 5 nitrogen and oxygen atoms in total. The molecule has 0 bridgehead atoms. The van der Waals surface area contributed by atoms with E-state index < -0.39 is 22.9 Å². The molecule has 0 radical (unpaired) electrons. The van der Waals surface area contributed by atoms with Crippen molar-refractivity contribution in [3.63, 3.8) is 0 Å². The van der Waals surface area contributed by atoms with E-state index in [4.69, 9.17) is 0 Å². The van der Waals surface area contributed by atoms with Crippen molar-refractivity contribution in [1.29, 1.82) is 0 Å². The molecule has 0 heterocycles. The summed E-state index contributed by atoms with van der Waals surface area (Å²) in [5.74, 6) is 0. The van der Waals surface area contributed by atoms with Crippen molar-refractivity contribution in [2.24, 2.45) is 0 Å². The van der Waals surface area contributed by atoms with Crippen LogP contribution in [0, 0.1) is 0 Å². The predicted molar refractivity (Wildman–Crippen MR) is 77.2 cm³/mol. The molecule has 0 aromatic carbocycles. The second kappa shape index (κ2) is 9.60. The molecule has 9 heteroatoms. The highest BCUT2D eigenvalue weighted by Crippen LogP contribution is 2.20. The predicted octanol–water partition coefficient (Wildman–Crippen LogP) is 1.83. The van der Waals surface area contributed by atoms with Crippen LogP contribution in [0.5, 0.6) is 0 Å². The van der Waals surface area contributed by atoms with E-state index in [-0.39, 0.29) is 13.1 Å². The maximum Gasteiger partial charge on any atom is 0.402 e. The summed E-state index contributed by atoms with van der Waals surface area (Å²) in [6.45, 7) is 3.75. The zero-order chi connectivity index (χ0) is 16.5. The summed E-state index contributed by atoms with van der Waals surface area (Å²) in [5.41, 5.74) is 0. The molecule has 0 amide bonds. The molecule has 128 valence electrons. The number of hydrogen-bond acceptors (Lipinski definition) is 3. The number of nitrogens with zero attached hydrogens (tertiary/aromatic N) is 2. The third-order valence-electron chi connectivity index (χ3n) is 2.80. The lowest BCUT2D eigenvalue weighted by molar-refractivity contribution is -0.136. The SMILES string of the molecule is CCCNCCCN(C)S(=O)(=O)N(CCC)CC(F)(F)F. The Hall–Kier alpha value is -0.380. The standard InChI is InChI=1S/C12H26F3N3O2S/c1-4-7-16-8-6-10-17(3)21(19,20)18(9-5-2)11-12(13,14)15/h16H,4-11H2,1-3H3. The van der Waals surface area contributed by atoms with Gasteiger partial charge in [0.1, 0.15) is 6.54 Å². The zero-order valence-corrected chi connectivity index (χ0v) is 13.7. The monoisotopic (exact) mass is 333 g/mol. The fraction of sp³-hybridized carbons (Fsp3) is 1.00. The van der Waals surface area contributed by atoms with Crippen molar-refractivity contribution >= 4 is 10.2 Å². The summed E-state index contributed by atoms with van der Waals surface area (Å²) in [6, 6.07) is 0. The molecule has 0 saturated heterocycles. The average Bonchev–Trinajstić information content (AvgIpc) is 2.36. The number of rotatable bonds is 11. The molecular formula is C12H26F3N3O2S. The van der Waals surface area contributed by atoms with E-state index in [0.29, 0.717) is 23.7 Å². The van der Waals surface area contributed by atoms with Gasteiger partial charge in [0.05, 0.1) is 0 Å². The Bertz CT molecular complexity index is 374. The molecule has 0 fully saturated rings. The summed E-state index contributed by atoms with van der Waals surface area (Å²) in [5, 5.41) is 3.12. The van der Waals surface area contributed by atoms with Gasteiger partial charge in [-0.25, -0.2) is 0 Å². The molecule has 0 aliphatic carbocycles. The summed E-state index contributed by atoms with van der Waals surface area (Å²) in [6.07, 6.45) is -2.67. The van der Waals surface area contributed by atoms with Gasteiger partial charge in [0.15, 0.2) is 0 Å². The highest BCUT2D eigenvalue weighted by atomic mass is 32.2. The number of nitrogens with one attached hydrogen (secondary N) is 1. The lowest BCUT2D eigenvalue weighted by Crippen LogP contribution is -2.46. The van der Waals surface area contributed by atoms with Crippen LogP contribution in [0.25, 0.3) is 0 Å². The van der Waals surface area contributed by atoms with E-state index in [1.165, 1.54) is 7.05 Å². The van der Waals surface area contributed by atoms with Crippen LogP contribution in [0.4, 0.5) is 13.2 Å². The van der Waals surface area contributed by atoms with Crippen molar-refractivity contribution in [3.05, 3.63) is 0 Å². The van der Waals surface area contributed by atoms with Crippen LogP contribution in [0.2, 0.25) is 0 Å². The molecule has 0 atom stereocenters.